The van der Waals surface area contributed by atoms with E-state index >= 15 is 0 Å². The van der Waals surface area contributed by atoms with Crippen molar-refractivity contribution in [3.05, 3.63) is 77.3 Å². The highest BCUT2D eigenvalue weighted by Crippen LogP contribution is 2.34. The highest BCUT2D eigenvalue weighted by Gasteiger charge is 2.25. The van der Waals surface area contributed by atoms with E-state index in [1.54, 1.807) is 24.3 Å². The fourth-order valence-electron chi connectivity index (χ4n) is 3.00. The molecule has 1 amide bonds. The summed E-state index contributed by atoms with van der Waals surface area (Å²) in [5, 5.41) is 5.74. The number of nitrogens with one attached hydrogen (secondary N) is 2. The van der Waals surface area contributed by atoms with Gasteiger partial charge >= 0.3 is 0 Å². The Morgan fingerprint density at radius 1 is 1.00 bits per heavy atom. The summed E-state index contributed by atoms with van der Waals surface area (Å²) in [5.41, 5.74) is 2.09. The number of hydrogen-bond acceptors (Lipinski definition) is 5. The van der Waals surface area contributed by atoms with Gasteiger partial charge in [0.1, 0.15) is 10.6 Å². The number of anilines is 2. The topological polar surface area (TPSA) is 84.5 Å². The predicted octanol–water partition coefficient (Wildman–Crippen LogP) is 4.79. The molecule has 0 aromatic heterocycles. The Labute approximate surface area is 187 Å². The average molecular weight is 459 g/mol. The third-order valence-corrected chi connectivity index (χ3v) is 6.99. The summed E-state index contributed by atoms with van der Waals surface area (Å²) in [6.45, 7) is 1.93. The molecule has 0 radical (unpaired) electrons. The van der Waals surface area contributed by atoms with Crippen LogP contribution in [0.15, 0.2) is 76.5 Å². The lowest BCUT2D eigenvalue weighted by atomic mass is 10.1. The second kappa shape index (κ2) is 9.85. The Bertz CT molecular complexity index is 1160. The predicted molar refractivity (Wildman–Crippen MR) is 123 cm³/mol. The van der Waals surface area contributed by atoms with E-state index in [0.29, 0.717) is 11.4 Å². The summed E-state index contributed by atoms with van der Waals surface area (Å²) >= 11 is 6.25. The van der Waals surface area contributed by atoms with Gasteiger partial charge in [0.2, 0.25) is 15.7 Å². The van der Waals surface area contributed by atoms with Crippen LogP contribution in [-0.4, -0.2) is 28.0 Å². The van der Waals surface area contributed by atoms with Crippen molar-refractivity contribution in [3.8, 4) is 5.75 Å². The van der Waals surface area contributed by atoms with Crippen LogP contribution in [0.2, 0.25) is 5.02 Å². The van der Waals surface area contributed by atoms with Gasteiger partial charge in [-0.25, -0.2) is 8.42 Å². The lowest BCUT2D eigenvalue weighted by Gasteiger charge is -2.14. The molecule has 0 spiro atoms. The lowest BCUT2D eigenvalue weighted by molar-refractivity contribution is -0.114. The Morgan fingerprint density at radius 3 is 2.29 bits per heavy atom. The van der Waals surface area contributed by atoms with Crippen LogP contribution in [0, 0.1) is 0 Å². The molecule has 3 rings (SSSR count). The number of carbonyl (C=O) groups is 1. The van der Waals surface area contributed by atoms with Crippen LogP contribution in [-0.2, 0) is 21.1 Å². The first-order valence-electron chi connectivity index (χ1n) is 9.65. The minimum absolute atomic E-state index is 0.0661. The maximum atomic E-state index is 13.2. The van der Waals surface area contributed by atoms with Gasteiger partial charge in [-0.05, 0) is 60.5 Å². The minimum Gasteiger partial charge on any atom is -0.497 e. The maximum absolute atomic E-state index is 13.2. The number of hydrogen-bond donors (Lipinski definition) is 2. The largest absolute Gasteiger partial charge is 0.497 e. The first-order chi connectivity index (χ1) is 14.8. The minimum atomic E-state index is -3.92. The molecule has 0 atom stereocenters. The summed E-state index contributed by atoms with van der Waals surface area (Å²) in [7, 11) is -2.42. The van der Waals surface area contributed by atoms with Crippen molar-refractivity contribution >= 4 is 38.7 Å². The molecule has 0 aliphatic rings. The van der Waals surface area contributed by atoms with Crippen molar-refractivity contribution in [2.45, 2.75) is 23.1 Å². The molecule has 0 aliphatic heterocycles. The fourth-order valence-corrected chi connectivity index (χ4v) is 4.96. The van der Waals surface area contributed by atoms with Crippen LogP contribution >= 0.6 is 11.6 Å². The van der Waals surface area contributed by atoms with Gasteiger partial charge in [-0.2, -0.15) is 0 Å². The number of ether oxygens (including phenoxy) is 1. The summed E-state index contributed by atoms with van der Waals surface area (Å²) in [6.07, 6.45) is 0.913. The molecule has 0 aliphatic carbocycles. The van der Waals surface area contributed by atoms with E-state index in [9.17, 15) is 13.2 Å². The molecule has 3 aromatic rings. The second-order valence-corrected chi connectivity index (χ2v) is 9.04. The molecule has 8 heteroatoms. The van der Waals surface area contributed by atoms with Gasteiger partial charge in [-0.3, -0.25) is 4.79 Å². The van der Waals surface area contributed by atoms with Crippen LogP contribution in [0.5, 0.6) is 5.75 Å². The summed E-state index contributed by atoms with van der Waals surface area (Å²) in [4.78, 5) is 12.3. The summed E-state index contributed by atoms with van der Waals surface area (Å²) < 4.78 is 31.5. The molecule has 0 fully saturated rings. The number of carbonyl (C=O) groups excluding carboxylic acids is 1. The SMILES string of the molecule is CCc1ccc(NC(=O)CNc2cccc(Cl)c2S(=O)(=O)c2ccc(OC)cc2)cc1. The van der Waals surface area contributed by atoms with Crippen molar-refractivity contribution in [2.75, 3.05) is 24.3 Å². The van der Waals surface area contributed by atoms with E-state index < -0.39 is 9.84 Å². The average Bonchev–Trinajstić information content (AvgIpc) is 2.78. The van der Waals surface area contributed by atoms with Gasteiger partial charge in [0.25, 0.3) is 0 Å². The van der Waals surface area contributed by atoms with E-state index in [1.165, 1.54) is 30.9 Å². The highest BCUT2D eigenvalue weighted by molar-refractivity contribution is 7.91. The van der Waals surface area contributed by atoms with E-state index in [1.807, 2.05) is 24.3 Å². The number of amides is 1. The number of halogens is 1. The van der Waals surface area contributed by atoms with Gasteiger partial charge < -0.3 is 15.4 Å². The number of rotatable bonds is 8. The molecular weight excluding hydrogens is 436 g/mol. The maximum Gasteiger partial charge on any atom is 0.243 e. The Kier molecular flexibility index (Phi) is 7.20. The van der Waals surface area contributed by atoms with Crippen LogP contribution < -0.4 is 15.4 Å². The quantitative estimate of drug-likeness (QED) is 0.506. The zero-order valence-corrected chi connectivity index (χ0v) is 18.8. The highest BCUT2D eigenvalue weighted by atomic mass is 35.5. The number of aryl methyl sites for hydroxylation is 1. The van der Waals surface area contributed by atoms with Gasteiger partial charge in [-0.15, -0.1) is 0 Å². The molecular formula is C23H23ClN2O4S. The summed E-state index contributed by atoms with van der Waals surface area (Å²) in [5.74, 6) is 0.233. The molecule has 0 saturated heterocycles. The fraction of sp³-hybridized carbons (Fsp3) is 0.174. The molecule has 31 heavy (non-hydrogen) atoms. The number of benzene rings is 3. The van der Waals surface area contributed by atoms with E-state index in [4.69, 9.17) is 16.3 Å². The van der Waals surface area contributed by atoms with Crippen molar-refractivity contribution in [2.24, 2.45) is 0 Å². The number of methoxy groups -OCH3 is 1. The van der Waals surface area contributed by atoms with Crippen LogP contribution in [0.3, 0.4) is 0 Å². The zero-order valence-electron chi connectivity index (χ0n) is 17.2. The first kappa shape index (κ1) is 22.7. The summed E-state index contributed by atoms with van der Waals surface area (Å²) in [6, 6.07) is 18.3. The van der Waals surface area contributed by atoms with E-state index in [-0.39, 0.29) is 33.0 Å². The van der Waals surface area contributed by atoms with Crippen LogP contribution in [0.1, 0.15) is 12.5 Å². The molecule has 0 saturated carbocycles. The molecule has 0 unspecified atom stereocenters. The first-order valence-corrected chi connectivity index (χ1v) is 11.5. The molecule has 162 valence electrons. The molecule has 3 aromatic carbocycles. The monoisotopic (exact) mass is 458 g/mol. The Hall–Kier alpha value is -3.03. The van der Waals surface area contributed by atoms with E-state index in [2.05, 4.69) is 17.6 Å². The van der Waals surface area contributed by atoms with Gasteiger partial charge in [0.15, 0.2) is 0 Å². The third-order valence-electron chi connectivity index (χ3n) is 4.69. The number of sulfone groups is 1. The second-order valence-electron chi connectivity index (χ2n) is 6.75. The van der Waals surface area contributed by atoms with Gasteiger partial charge in [0.05, 0.1) is 29.3 Å². The molecule has 6 nitrogen and oxygen atoms in total. The standard InChI is InChI=1S/C23H23ClN2O4S/c1-3-16-7-9-17(10-8-16)26-22(27)15-25-21-6-4-5-20(24)23(21)31(28,29)19-13-11-18(30-2)12-14-19/h4-14,25H,3,15H2,1-2H3,(H,26,27). The Morgan fingerprint density at radius 2 is 1.68 bits per heavy atom. The zero-order chi connectivity index (χ0) is 22.4. The van der Waals surface area contributed by atoms with E-state index in [0.717, 1.165) is 6.42 Å². The molecule has 2 N–H and O–H groups in total. The van der Waals surface area contributed by atoms with Crippen LogP contribution in [0.4, 0.5) is 11.4 Å². The van der Waals surface area contributed by atoms with Crippen LogP contribution in [0.25, 0.3) is 0 Å². The van der Waals surface area contributed by atoms with Gasteiger partial charge in [-0.1, -0.05) is 36.7 Å². The normalized spacial score (nSPS) is 11.1. The third kappa shape index (κ3) is 5.37. The molecule has 0 heterocycles. The van der Waals surface area contributed by atoms with Gasteiger partial charge in [0, 0.05) is 5.69 Å². The Balaban J connectivity index is 1.79. The molecule has 0 bridgehead atoms. The lowest BCUT2D eigenvalue weighted by Crippen LogP contribution is -2.22. The van der Waals surface area contributed by atoms with Crippen molar-refractivity contribution in [1.82, 2.24) is 0 Å². The van der Waals surface area contributed by atoms with Crippen molar-refractivity contribution in [3.63, 3.8) is 0 Å². The van der Waals surface area contributed by atoms with Crippen molar-refractivity contribution < 1.29 is 17.9 Å². The smallest absolute Gasteiger partial charge is 0.243 e. The van der Waals surface area contributed by atoms with Crippen molar-refractivity contribution in [1.29, 1.82) is 0 Å².